The minimum absolute atomic E-state index is 0.216. The molecule has 0 aliphatic rings. The van der Waals surface area contributed by atoms with Crippen molar-refractivity contribution in [2.75, 3.05) is 13.7 Å². The number of rotatable bonds is 8. The van der Waals surface area contributed by atoms with Crippen LogP contribution in [0.15, 0.2) is 48.5 Å². The number of benzene rings is 2. The van der Waals surface area contributed by atoms with E-state index in [1.165, 1.54) is 18.2 Å². The summed E-state index contributed by atoms with van der Waals surface area (Å²) in [6.07, 6.45) is 0. The molecule has 0 unspecified atom stereocenters. The summed E-state index contributed by atoms with van der Waals surface area (Å²) in [6.45, 7) is 6.16. The summed E-state index contributed by atoms with van der Waals surface area (Å²) < 4.78 is 24.1. The van der Waals surface area contributed by atoms with Crippen molar-refractivity contribution in [3.63, 3.8) is 0 Å². The van der Waals surface area contributed by atoms with E-state index < -0.39 is 11.8 Å². The molecule has 1 aromatic heterocycles. The van der Waals surface area contributed by atoms with Gasteiger partial charge in [-0.25, -0.2) is 9.18 Å². The number of methoxy groups -OCH3 is 1. The molecule has 0 bridgehead atoms. The molecule has 0 spiro atoms. The number of aryl methyl sites for hydroxylation is 1. The fourth-order valence-electron chi connectivity index (χ4n) is 3.63. The lowest BCUT2D eigenvalue weighted by Gasteiger charge is -2.23. The third-order valence-electron chi connectivity index (χ3n) is 5.26. The zero-order valence-corrected chi connectivity index (χ0v) is 18.7. The molecule has 0 radical (unpaired) electrons. The number of aromatic nitrogens is 1. The van der Waals surface area contributed by atoms with Crippen LogP contribution in [0.5, 0.6) is 5.75 Å². The molecular formula is C25H27FN2O4. The Labute approximate surface area is 187 Å². The number of nitrogens with one attached hydrogen (secondary N) is 1. The van der Waals surface area contributed by atoms with Crippen LogP contribution >= 0.6 is 0 Å². The second-order valence-electron chi connectivity index (χ2n) is 7.47. The Morgan fingerprint density at radius 3 is 2.41 bits per heavy atom. The fourth-order valence-corrected chi connectivity index (χ4v) is 3.63. The Balaban J connectivity index is 1.94. The molecule has 1 N–H and O–H groups in total. The Kier molecular flexibility index (Phi) is 7.30. The molecule has 2 aromatic carbocycles. The number of H-pyrrole nitrogens is 1. The van der Waals surface area contributed by atoms with Crippen LogP contribution in [0.25, 0.3) is 0 Å². The molecule has 0 atom stereocenters. The molecule has 0 fully saturated rings. The minimum atomic E-state index is -0.475. The molecule has 32 heavy (non-hydrogen) atoms. The molecule has 0 aliphatic carbocycles. The molecule has 6 nitrogen and oxygen atoms in total. The van der Waals surface area contributed by atoms with E-state index >= 15 is 0 Å². The van der Waals surface area contributed by atoms with Crippen LogP contribution in [0.2, 0.25) is 0 Å². The monoisotopic (exact) mass is 438 g/mol. The Hall–Kier alpha value is -3.61. The van der Waals surface area contributed by atoms with Gasteiger partial charge in [0, 0.05) is 23.5 Å². The molecule has 0 saturated heterocycles. The first kappa shape index (κ1) is 23.1. The van der Waals surface area contributed by atoms with Crippen LogP contribution in [0.3, 0.4) is 0 Å². The lowest BCUT2D eigenvalue weighted by Crippen LogP contribution is -2.30. The van der Waals surface area contributed by atoms with Gasteiger partial charge in [-0.15, -0.1) is 0 Å². The van der Waals surface area contributed by atoms with Crippen molar-refractivity contribution in [1.82, 2.24) is 9.88 Å². The lowest BCUT2D eigenvalue weighted by molar-refractivity contribution is 0.0524. The largest absolute Gasteiger partial charge is 0.497 e. The molecule has 0 aliphatic heterocycles. The summed E-state index contributed by atoms with van der Waals surface area (Å²) in [5.74, 6) is -0.476. The van der Waals surface area contributed by atoms with E-state index in [9.17, 15) is 14.0 Å². The van der Waals surface area contributed by atoms with Crippen molar-refractivity contribution < 1.29 is 23.5 Å². The lowest BCUT2D eigenvalue weighted by atomic mass is 10.1. The van der Waals surface area contributed by atoms with Crippen molar-refractivity contribution in [2.24, 2.45) is 0 Å². The smallest absolute Gasteiger partial charge is 0.340 e. The van der Waals surface area contributed by atoms with Gasteiger partial charge in [-0.1, -0.05) is 18.2 Å². The normalized spacial score (nSPS) is 10.7. The highest BCUT2D eigenvalue weighted by Crippen LogP contribution is 2.23. The minimum Gasteiger partial charge on any atom is -0.497 e. The van der Waals surface area contributed by atoms with Gasteiger partial charge in [0.05, 0.1) is 25.8 Å². The van der Waals surface area contributed by atoms with Gasteiger partial charge in [-0.2, -0.15) is 0 Å². The number of ether oxygens (including phenoxy) is 2. The summed E-state index contributed by atoms with van der Waals surface area (Å²) in [5.41, 5.74) is 3.76. The number of halogens is 1. The molecule has 1 heterocycles. The zero-order valence-electron chi connectivity index (χ0n) is 18.7. The maximum Gasteiger partial charge on any atom is 0.340 e. The van der Waals surface area contributed by atoms with Crippen LogP contribution in [0.1, 0.15) is 50.2 Å². The number of nitrogens with zero attached hydrogens (tertiary/aromatic N) is 1. The average molecular weight is 438 g/mol. The van der Waals surface area contributed by atoms with Crippen molar-refractivity contribution in [3.05, 3.63) is 88.0 Å². The van der Waals surface area contributed by atoms with Gasteiger partial charge in [0.2, 0.25) is 0 Å². The first-order valence-corrected chi connectivity index (χ1v) is 10.4. The zero-order chi connectivity index (χ0) is 23.3. The van der Waals surface area contributed by atoms with Crippen LogP contribution in [0.4, 0.5) is 4.39 Å². The number of carbonyl (C=O) groups is 2. The van der Waals surface area contributed by atoms with Gasteiger partial charge in [-0.05, 0) is 62.2 Å². The van der Waals surface area contributed by atoms with E-state index in [4.69, 9.17) is 9.47 Å². The second kappa shape index (κ2) is 10.1. The summed E-state index contributed by atoms with van der Waals surface area (Å²) >= 11 is 0. The van der Waals surface area contributed by atoms with Gasteiger partial charge in [-0.3, -0.25) is 4.79 Å². The SMILES string of the molecule is CCOC(=O)c1c(C)[nH]c(CN(Cc2ccc(OC)cc2)C(=O)c2cccc(F)c2)c1C. The van der Waals surface area contributed by atoms with Gasteiger partial charge in [0.1, 0.15) is 11.6 Å². The molecular weight excluding hydrogens is 411 g/mol. The van der Waals surface area contributed by atoms with Gasteiger partial charge in [0.25, 0.3) is 5.91 Å². The average Bonchev–Trinajstić information content (AvgIpc) is 3.06. The van der Waals surface area contributed by atoms with Gasteiger partial charge >= 0.3 is 5.97 Å². The molecule has 1 amide bonds. The standard InChI is InChI=1S/C25H27FN2O4/c1-5-32-25(30)23-16(2)22(27-17(23)3)15-28(14-18-9-11-21(31-4)12-10-18)24(29)19-7-6-8-20(26)13-19/h6-13,27H,5,14-15H2,1-4H3. The summed E-state index contributed by atoms with van der Waals surface area (Å²) in [7, 11) is 1.59. The quantitative estimate of drug-likeness (QED) is 0.513. The van der Waals surface area contributed by atoms with Gasteiger partial charge in [0.15, 0.2) is 0 Å². The van der Waals surface area contributed by atoms with E-state index in [2.05, 4.69) is 4.98 Å². The first-order valence-electron chi connectivity index (χ1n) is 10.4. The molecule has 3 rings (SSSR count). The molecule has 3 aromatic rings. The van der Waals surface area contributed by atoms with E-state index in [0.29, 0.717) is 23.6 Å². The summed E-state index contributed by atoms with van der Waals surface area (Å²) in [4.78, 5) is 30.5. The van der Waals surface area contributed by atoms with Gasteiger partial charge < -0.3 is 19.4 Å². The van der Waals surface area contributed by atoms with E-state index in [0.717, 1.165) is 16.8 Å². The number of hydrogen-bond acceptors (Lipinski definition) is 4. The fraction of sp³-hybridized carbons (Fsp3) is 0.280. The van der Waals surface area contributed by atoms with Crippen LogP contribution < -0.4 is 4.74 Å². The number of carbonyl (C=O) groups excluding carboxylic acids is 2. The second-order valence-corrected chi connectivity index (χ2v) is 7.47. The Bertz CT molecular complexity index is 1110. The third kappa shape index (κ3) is 5.17. The highest BCUT2D eigenvalue weighted by molar-refractivity contribution is 5.95. The number of hydrogen-bond donors (Lipinski definition) is 1. The predicted molar refractivity (Wildman–Crippen MR) is 119 cm³/mol. The van der Waals surface area contributed by atoms with Crippen molar-refractivity contribution in [2.45, 2.75) is 33.9 Å². The van der Waals surface area contributed by atoms with E-state index in [1.807, 2.05) is 31.2 Å². The third-order valence-corrected chi connectivity index (χ3v) is 5.26. The maximum absolute atomic E-state index is 13.8. The summed E-state index contributed by atoms with van der Waals surface area (Å²) in [5, 5.41) is 0. The van der Waals surface area contributed by atoms with Crippen molar-refractivity contribution in [1.29, 1.82) is 0 Å². The summed E-state index contributed by atoms with van der Waals surface area (Å²) in [6, 6.07) is 13.0. The molecule has 7 heteroatoms. The number of aromatic amines is 1. The number of amides is 1. The highest BCUT2D eigenvalue weighted by Gasteiger charge is 2.23. The van der Waals surface area contributed by atoms with Crippen LogP contribution in [-0.2, 0) is 17.8 Å². The Morgan fingerprint density at radius 1 is 1.06 bits per heavy atom. The highest BCUT2D eigenvalue weighted by atomic mass is 19.1. The van der Waals surface area contributed by atoms with Crippen LogP contribution in [-0.4, -0.2) is 35.5 Å². The van der Waals surface area contributed by atoms with E-state index in [-0.39, 0.29) is 24.6 Å². The number of esters is 1. The van der Waals surface area contributed by atoms with Crippen molar-refractivity contribution in [3.8, 4) is 5.75 Å². The first-order chi connectivity index (χ1) is 15.3. The molecule has 168 valence electrons. The molecule has 0 saturated carbocycles. The van der Waals surface area contributed by atoms with Crippen LogP contribution in [0, 0.1) is 19.7 Å². The predicted octanol–water partition coefficient (Wildman–Crippen LogP) is 4.80. The van der Waals surface area contributed by atoms with E-state index in [1.54, 1.807) is 31.9 Å². The van der Waals surface area contributed by atoms with Crippen molar-refractivity contribution >= 4 is 11.9 Å². The Morgan fingerprint density at radius 2 is 1.78 bits per heavy atom. The maximum atomic E-state index is 13.8. The topological polar surface area (TPSA) is 71.6 Å².